The first-order valence-corrected chi connectivity index (χ1v) is 7.67. The molecule has 0 N–H and O–H groups in total. The molecule has 20 heavy (non-hydrogen) atoms. The van der Waals surface area contributed by atoms with Gasteiger partial charge < -0.3 is 4.74 Å². The van der Waals surface area contributed by atoms with Gasteiger partial charge in [0.25, 0.3) is 0 Å². The highest BCUT2D eigenvalue weighted by molar-refractivity contribution is 6.30. The maximum Gasteiger partial charge on any atom is 0.133 e. The summed E-state index contributed by atoms with van der Waals surface area (Å²) in [5.74, 6) is 2.47. The second-order valence-corrected chi connectivity index (χ2v) is 5.57. The van der Waals surface area contributed by atoms with E-state index in [2.05, 4.69) is 26.0 Å². The second kappa shape index (κ2) is 7.01. The largest absolute Gasteiger partial charge is 0.457 e. The highest BCUT2D eigenvalue weighted by Crippen LogP contribution is 2.30. The Bertz CT molecular complexity index is 564. The van der Waals surface area contributed by atoms with Crippen LogP contribution in [-0.2, 0) is 5.88 Å². The minimum absolute atomic E-state index is 0.400. The lowest BCUT2D eigenvalue weighted by Gasteiger charge is -2.12. The topological polar surface area (TPSA) is 9.23 Å². The molecule has 2 rings (SSSR count). The summed E-state index contributed by atoms with van der Waals surface area (Å²) in [6.07, 6.45) is 1.13. The Balaban J connectivity index is 2.20. The summed E-state index contributed by atoms with van der Waals surface area (Å²) in [7, 11) is 0. The van der Waals surface area contributed by atoms with Crippen LogP contribution in [0.3, 0.4) is 0 Å². The first-order chi connectivity index (χ1) is 9.63. The molecular formula is C17H18Cl2O. The average molecular weight is 309 g/mol. The first-order valence-electron chi connectivity index (χ1n) is 6.76. The summed E-state index contributed by atoms with van der Waals surface area (Å²) in [6.45, 7) is 4.41. The lowest BCUT2D eigenvalue weighted by molar-refractivity contribution is 0.478. The van der Waals surface area contributed by atoms with Gasteiger partial charge in [-0.15, -0.1) is 11.6 Å². The molecule has 0 radical (unpaired) electrons. The highest BCUT2D eigenvalue weighted by atomic mass is 35.5. The second-order valence-electron chi connectivity index (χ2n) is 4.87. The van der Waals surface area contributed by atoms with Crippen molar-refractivity contribution >= 4 is 23.2 Å². The zero-order valence-electron chi connectivity index (χ0n) is 11.7. The molecule has 0 aromatic heterocycles. The van der Waals surface area contributed by atoms with Crippen molar-refractivity contribution in [1.29, 1.82) is 0 Å². The summed E-state index contributed by atoms with van der Waals surface area (Å²) < 4.78 is 5.88. The molecule has 1 unspecified atom stereocenters. The minimum Gasteiger partial charge on any atom is -0.457 e. The van der Waals surface area contributed by atoms with Gasteiger partial charge >= 0.3 is 0 Å². The van der Waals surface area contributed by atoms with Crippen molar-refractivity contribution in [3.05, 3.63) is 58.6 Å². The number of rotatable bonds is 5. The van der Waals surface area contributed by atoms with Gasteiger partial charge in [-0.3, -0.25) is 0 Å². The van der Waals surface area contributed by atoms with Crippen LogP contribution in [-0.4, -0.2) is 0 Å². The summed E-state index contributed by atoms with van der Waals surface area (Å²) in [6, 6.07) is 13.7. The maximum absolute atomic E-state index is 6.00. The molecule has 0 spiro atoms. The monoisotopic (exact) mass is 308 g/mol. The third kappa shape index (κ3) is 3.68. The molecule has 106 valence electrons. The first kappa shape index (κ1) is 15.2. The van der Waals surface area contributed by atoms with Gasteiger partial charge in [0.15, 0.2) is 0 Å². The van der Waals surface area contributed by atoms with E-state index in [4.69, 9.17) is 27.9 Å². The highest BCUT2D eigenvalue weighted by Gasteiger charge is 2.07. The molecule has 1 nitrogen and oxygen atoms in total. The van der Waals surface area contributed by atoms with Crippen molar-refractivity contribution in [2.24, 2.45) is 0 Å². The smallest absolute Gasteiger partial charge is 0.133 e. The van der Waals surface area contributed by atoms with Gasteiger partial charge in [0, 0.05) is 10.6 Å². The van der Waals surface area contributed by atoms with Crippen LogP contribution in [0.15, 0.2) is 42.5 Å². The van der Waals surface area contributed by atoms with Crippen molar-refractivity contribution in [1.82, 2.24) is 0 Å². The van der Waals surface area contributed by atoms with Gasteiger partial charge in [-0.2, -0.15) is 0 Å². The Morgan fingerprint density at radius 2 is 1.80 bits per heavy atom. The van der Waals surface area contributed by atoms with E-state index in [-0.39, 0.29) is 0 Å². The molecular weight excluding hydrogens is 291 g/mol. The lowest BCUT2D eigenvalue weighted by atomic mass is 9.99. The normalized spacial score (nSPS) is 12.2. The lowest BCUT2D eigenvalue weighted by Crippen LogP contribution is -1.93. The molecule has 3 heteroatoms. The molecule has 0 heterocycles. The number of ether oxygens (including phenoxy) is 1. The van der Waals surface area contributed by atoms with Gasteiger partial charge in [-0.25, -0.2) is 0 Å². The van der Waals surface area contributed by atoms with Crippen LogP contribution in [0.4, 0.5) is 0 Å². The molecule has 2 aromatic carbocycles. The third-order valence-electron chi connectivity index (χ3n) is 3.46. The molecule has 0 saturated heterocycles. The van der Waals surface area contributed by atoms with Crippen LogP contribution in [0.25, 0.3) is 0 Å². The Kier molecular flexibility index (Phi) is 5.33. The Morgan fingerprint density at radius 3 is 2.40 bits per heavy atom. The summed E-state index contributed by atoms with van der Waals surface area (Å²) in [4.78, 5) is 0. The van der Waals surface area contributed by atoms with Crippen LogP contribution in [0.5, 0.6) is 11.5 Å². The number of hydrogen-bond acceptors (Lipinski definition) is 1. The number of hydrogen-bond donors (Lipinski definition) is 0. The predicted octanol–water partition coefficient (Wildman–Crippen LogP) is 6.38. The van der Waals surface area contributed by atoms with Gasteiger partial charge in [0.1, 0.15) is 11.5 Å². The molecule has 0 fully saturated rings. The molecule has 2 aromatic rings. The molecule has 1 atom stereocenters. The van der Waals surface area contributed by atoms with E-state index in [1.807, 2.05) is 24.3 Å². The molecule has 0 amide bonds. The molecule has 0 saturated carbocycles. The van der Waals surface area contributed by atoms with E-state index in [0.717, 1.165) is 17.7 Å². The van der Waals surface area contributed by atoms with E-state index in [1.165, 1.54) is 5.56 Å². The van der Waals surface area contributed by atoms with Gasteiger partial charge in [0.2, 0.25) is 0 Å². The molecule has 0 aliphatic carbocycles. The molecule has 0 aliphatic rings. The van der Waals surface area contributed by atoms with Crippen LogP contribution in [0.2, 0.25) is 5.02 Å². The van der Waals surface area contributed by atoms with E-state index < -0.39 is 0 Å². The predicted molar refractivity (Wildman–Crippen MR) is 86.2 cm³/mol. The fourth-order valence-electron chi connectivity index (χ4n) is 1.96. The SMILES string of the molecule is CCC(C)c1ccc(Oc2cc(Cl)ccc2CCl)cc1. The van der Waals surface area contributed by atoms with Gasteiger partial charge in [-0.05, 0) is 42.2 Å². The molecule has 0 aliphatic heterocycles. The van der Waals surface area contributed by atoms with Gasteiger partial charge in [-0.1, -0.05) is 43.6 Å². The van der Waals surface area contributed by atoms with Crippen molar-refractivity contribution in [3.8, 4) is 11.5 Å². The quantitative estimate of drug-likeness (QED) is 0.582. The van der Waals surface area contributed by atoms with Gasteiger partial charge in [0.05, 0.1) is 5.88 Å². The Morgan fingerprint density at radius 1 is 1.10 bits per heavy atom. The maximum atomic E-state index is 6.00. The fraction of sp³-hybridized carbons (Fsp3) is 0.294. The van der Waals surface area contributed by atoms with Crippen molar-refractivity contribution in [3.63, 3.8) is 0 Å². The van der Waals surface area contributed by atoms with Crippen LogP contribution >= 0.6 is 23.2 Å². The third-order valence-corrected chi connectivity index (χ3v) is 3.99. The minimum atomic E-state index is 0.400. The number of alkyl halides is 1. The van der Waals surface area contributed by atoms with E-state index in [9.17, 15) is 0 Å². The molecule has 0 bridgehead atoms. The number of halogens is 2. The van der Waals surface area contributed by atoms with Crippen LogP contribution in [0.1, 0.15) is 37.3 Å². The van der Waals surface area contributed by atoms with Crippen molar-refractivity contribution in [2.75, 3.05) is 0 Å². The van der Waals surface area contributed by atoms with E-state index in [0.29, 0.717) is 22.6 Å². The van der Waals surface area contributed by atoms with Crippen LogP contribution < -0.4 is 4.74 Å². The standard InChI is InChI=1S/C17H18Cl2O/c1-3-12(2)13-5-8-16(9-6-13)20-17-10-15(19)7-4-14(17)11-18/h4-10,12H,3,11H2,1-2H3. The van der Waals surface area contributed by atoms with E-state index >= 15 is 0 Å². The zero-order chi connectivity index (χ0) is 14.5. The summed E-state index contributed by atoms with van der Waals surface area (Å²) >= 11 is 11.9. The van der Waals surface area contributed by atoms with Crippen molar-refractivity contribution in [2.45, 2.75) is 32.1 Å². The fourth-order valence-corrected chi connectivity index (χ4v) is 2.34. The van der Waals surface area contributed by atoms with E-state index in [1.54, 1.807) is 6.07 Å². The van der Waals surface area contributed by atoms with Crippen molar-refractivity contribution < 1.29 is 4.74 Å². The average Bonchev–Trinajstić information content (AvgIpc) is 2.47. The zero-order valence-corrected chi connectivity index (χ0v) is 13.2. The van der Waals surface area contributed by atoms with Crippen LogP contribution in [0, 0.1) is 0 Å². The Hall–Kier alpha value is -1.18. The summed E-state index contributed by atoms with van der Waals surface area (Å²) in [5, 5.41) is 0.644. The number of benzene rings is 2. The Labute approximate surface area is 130 Å². The summed E-state index contributed by atoms with van der Waals surface area (Å²) in [5.41, 5.74) is 2.26.